The molecule has 0 bridgehead atoms. The van der Waals surface area contributed by atoms with Crippen LogP contribution in [0.3, 0.4) is 0 Å². The van der Waals surface area contributed by atoms with Gasteiger partial charge in [0, 0.05) is 18.5 Å². The fraction of sp³-hybridized carbons (Fsp3) is 0.667. The van der Waals surface area contributed by atoms with E-state index in [0.717, 1.165) is 36.9 Å². The second kappa shape index (κ2) is 4.72. The first-order valence-electron chi connectivity index (χ1n) is 6.24. The van der Waals surface area contributed by atoms with E-state index in [9.17, 15) is 4.79 Å². The zero-order valence-electron chi connectivity index (χ0n) is 9.74. The van der Waals surface area contributed by atoms with Crippen molar-refractivity contribution >= 4 is 17.6 Å². The number of rotatable bonds is 4. The Kier molecular flexibility index (Phi) is 3.09. The van der Waals surface area contributed by atoms with E-state index in [-0.39, 0.29) is 5.56 Å². The Hall–Kier alpha value is -0.970. The minimum atomic E-state index is -0.0369. The van der Waals surface area contributed by atoms with Gasteiger partial charge in [0.25, 0.3) is 5.56 Å². The van der Waals surface area contributed by atoms with Crippen molar-refractivity contribution in [3.63, 3.8) is 0 Å². The molecular weight excluding hydrogens is 234 g/mol. The van der Waals surface area contributed by atoms with Crippen molar-refractivity contribution in [1.82, 2.24) is 9.97 Å². The van der Waals surface area contributed by atoms with Gasteiger partial charge in [0.15, 0.2) is 0 Å². The Morgan fingerprint density at radius 1 is 1.47 bits per heavy atom. The molecule has 3 rings (SSSR count). The predicted octanol–water partition coefficient (Wildman–Crippen LogP) is 1.81. The zero-order valence-corrected chi connectivity index (χ0v) is 10.6. The van der Waals surface area contributed by atoms with Gasteiger partial charge in [0.2, 0.25) is 0 Å². The maximum absolute atomic E-state index is 11.5. The molecule has 5 heteroatoms. The first kappa shape index (κ1) is 11.1. The molecule has 1 saturated heterocycles. The van der Waals surface area contributed by atoms with Gasteiger partial charge in [-0.25, -0.2) is 4.98 Å². The van der Waals surface area contributed by atoms with Gasteiger partial charge in [0.05, 0.1) is 0 Å². The Labute approximate surface area is 105 Å². The number of aromatic amines is 1. The first-order valence-corrected chi connectivity index (χ1v) is 7.39. The average Bonchev–Trinajstić information content (AvgIpc) is 3.04. The molecule has 1 aliphatic heterocycles. The van der Waals surface area contributed by atoms with E-state index in [1.807, 2.05) is 11.8 Å². The summed E-state index contributed by atoms with van der Waals surface area (Å²) in [7, 11) is 0. The second-order valence-electron chi connectivity index (χ2n) is 4.90. The molecule has 1 atom stereocenters. The van der Waals surface area contributed by atoms with Crippen molar-refractivity contribution in [2.75, 3.05) is 23.4 Å². The number of nitrogens with one attached hydrogen (secondary N) is 2. The number of aromatic nitrogens is 2. The molecule has 2 fully saturated rings. The molecule has 2 N–H and O–H groups in total. The minimum absolute atomic E-state index is 0.0369. The normalized spacial score (nSPS) is 23.9. The lowest BCUT2D eigenvalue weighted by atomic mass is 10.1. The zero-order chi connectivity index (χ0) is 11.7. The summed E-state index contributed by atoms with van der Waals surface area (Å²) in [6.45, 7) is 0.938. The molecule has 1 aromatic rings. The lowest BCUT2D eigenvalue weighted by Gasteiger charge is -2.10. The summed E-state index contributed by atoms with van der Waals surface area (Å²) < 4.78 is 0. The number of thioether (sulfide) groups is 1. The molecule has 17 heavy (non-hydrogen) atoms. The maximum atomic E-state index is 11.5. The van der Waals surface area contributed by atoms with Crippen LogP contribution in [0, 0.1) is 5.92 Å². The molecule has 2 aliphatic rings. The highest BCUT2D eigenvalue weighted by atomic mass is 32.2. The molecule has 2 heterocycles. The average molecular weight is 251 g/mol. The van der Waals surface area contributed by atoms with E-state index in [4.69, 9.17) is 0 Å². The fourth-order valence-electron chi connectivity index (χ4n) is 2.11. The van der Waals surface area contributed by atoms with Crippen LogP contribution in [0.5, 0.6) is 0 Å². The van der Waals surface area contributed by atoms with E-state index in [1.165, 1.54) is 17.9 Å². The number of hydrogen-bond donors (Lipinski definition) is 2. The van der Waals surface area contributed by atoms with Crippen molar-refractivity contribution in [2.24, 2.45) is 5.92 Å². The summed E-state index contributed by atoms with van der Waals surface area (Å²) in [4.78, 5) is 18.8. The first-order chi connectivity index (χ1) is 8.31. The highest BCUT2D eigenvalue weighted by molar-refractivity contribution is 7.99. The van der Waals surface area contributed by atoms with Gasteiger partial charge in [-0.05, 0) is 36.7 Å². The van der Waals surface area contributed by atoms with Crippen LogP contribution in [0.25, 0.3) is 0 Å². The van der Waals surface area contributed by atoms with Crippen LogP contribution < -0.4 is 10.9 Å². The fourth-order valence-corrected chi connectivity index (χ4v) is 3.39. The molecule has 92 valence electrons. The molecule has 1 saturated carbocycles. The molecule has 0 amide bonds. The second-order valence-corrected chi connectivity index (χ2v) is 6.05. The lowest BCUT2D eigenvalue weighted by Crippen LogP contribution is -2.18. The van der Waals surface area contributed by atoms with Crippen LogP contribution >= 0.6 is 11.8 Å². The van der Waals surface area contributed by atoms with Gasteiger partial charge < -0.3 is 10.3 Å². The lowest BCUT2D eigenvalue weighted by molar-refractivity contribution is 0.630. The molecule has 0 spiro atoms. The van der Waals surface area contributed by atoms with Crippen LogP contribution in [0.15, 0.2) is 10.9 Å². The summed E-state index contributed by atoms with van der Waals surface area (Å²) in [6, 6.07) is 1.56. The van der Waals surface area contributed by atoms with E-state index in [0.29, 0.717) is 5.92 Å². The van der Waals surface area contributed by atoms with Crippen LogP contribution in [0.4, 0.5) is 5.82 Å². The summed E-state index contributed by atoms with van der Waals surface area (Å²) in [5, 5.41) is 3.31. The van der Waals surface area contributed by atoms with Gasteiger partial charge in [-0.15, -0.1) is 0 Å². The summed E-state index contributed by atoms with van der Waals surface area (Å²) in [6.07, 6.45) is 3.59. The Bertz CT molecular complexity index is 449. The molecule has 0 aromatic carbocycles. The summed E-state index contributed by atoms with van der Waals surface area (Å²) in [5.41, 5.74) is -0.0369. The largest absolute Gasteiger partial charge is 0.370 e. The Balaban J connectivity index is 1.66. The van der Waals surface area contributed by atoms with Crippen LogP contribution in [0.2, 0.25) is 0 Å². The quantitative estimate of drug-likeness (QED) is 0.857. The van der Waals surface area contributed by atoms with Crippen molar-refractivity contribution in [2.45, 2.75) is 25.2 Å². The number of nitrogens with zero attached hydrogens (tertiary/aromatic N) is 1. The van der Waals surface area contributed by atoms with E-state index >= 15 is 0 Å². The van der Waals surface area contributed by atoms with Crippen LogP contribution in [-0.4, -0.2) is 28.0 Å². The van der Waals surface area contributed by atoms with Gasteiger partial charge in [-0.2, -0.15) is 11.8 Å². The highest BCUT2D eigenvalue weighted by Crippen LogP contribution is 2.37. The third-order valence-corrected chi connectivity index (χ3v) is 4.55. The molecular formula is C12H17N3OS. The third kappa shape index (κ3) is 2.83. The Morgan fingerprint density at radius 3 is 3.06 bits per heavy atom. The third-order valence-electron chi connectivity index (χ3n) is 3.32. The highest BCUT2D eigenvalue weighted by Gasteiger charge is 2.26. The van der Waals surface area contributed by atoms with Crippen LogP contribution in [-0.2, 0) is 0 Å². The van der Waals surface area contributed by atoms with E-state index in [2.05, 4.69) is 15.3 Å². The standard InChI is InChI=1S/C12H17N3OS/c16-11-5-10(13-6-8-3-4-17-7-8)14-12(15-11)9-1-2-9/h5,8-9H,1-4,6-7H2,(H2,13,14,15,16). The maximum Gasteiger partial charge on any atom is 0.252 e. The molecule has 1 unspecified atom stereocenters. The van der Waals surface area contributed by atoms with Crippen molar-refractivity contribution in [3.8, 4) is 0 Å². The molecule has 1 aromatic heterocycles. The topological polar surface area (TPSA) is 57.8 Å². The smallest absolute Gasteiger partial charge is 0.252 e. The molecule has 1 aliphatic carbocycles. The van der Waals surface area contributed by atoms with Gasteiger partial charge in [-0.3, -0.25) is 4.79 Å². The predicted molar refractivity (Wildman–Crippen MR) is 70.8 cm³/mol. The van der Waals surface area contributed by atoms with Gasteiger partial charge >= 0.3 is 0 Å². The SMILES string of the molecule is O=c1cc(NCC2CCSC2)nc(C2CC2)[nH]1. The number of H-pyrrole nitrogens is 1. The molecule has 0 radical (unpaired) electrons. The van der Waals surface area contributed by atoms with Crippen molar-refractivity contribution in [3.05, 3.63) is 22.2 Å². The minimum Gasteiger partial charge on any atom is -0.370 e. The summed E-state index contributed by atoms with van der Waals surface area (Å²) in [5.74, 6) is 5.32. The van der Waals surface area contributed by atoms with Crippen molar-refractivity contribution < 1.29 is 0 Å². The van der Waals surface area contributed by atoms with Crippen molar-refractivity contribution in [1.29, 1.82) is 0 Å². The van der Waals surface area contributed by atoms with E-state index < -0.39 is 0 Å². The number of hydrogen-bond acceptors (Lipinski definition) is 4. The summed E-state index contributed by atoms with van der Waals surface area (Å²) >= 11 is 2.01. The number of anilines is 1. The monoisotopic (exact) mass is 251 g/mol. The van der Waals surface area contributed by atoms with Gasteiger partial charge in [-0.1, -0.05) is 0 Å². The van der Waals surface area contributed by atoms with Crippen LogP contribution in [0.1, 0.15) is 31.0 Å². The Morgan fingerprint density at radius 2 is 2.35 bits per heavy atom. The van der Waals surface area contributed by atoms with Gasteiger partial charge in [0.1, 0.15) is 11.6 Å². The van der Waals surface area contributed by atoms with E-state index in [1.54, 1.807) is 6.07 Å². The molecule has 4 nitrogen and oxygen atoms in total.